The number of ether oxygens (including phenoxy) is 1. The van der Waals surface area contributed by atoms with Gasteiger partial charge in [-0.05, 0) is 44.5 Å². The van der Waals surface area contributed by atoms with E-state index in [-0.39, 0.29) is 12.1 Å². The van der Waals surface area contributed by atoms with Crippen LogP contribution in [0, 0.1) is 6.92 Å². The average molecular weight is 310 g/mol. The first-order valence-corrected chi connectivity index (χ1v) is 7.86. The molecule has 2 rings (SSSR count). The predicted octanol–water partition coefficient (Wildman–Crippen LogP) is 5.13. The summed E-state index contributed by atoms with van der Waals surface area (Å²) in [7, 11) is 1.72. The maximum atomic E-state index is 5.99. The molecule has 2 nitrogen and oxygen atoms in total. The van der Waals surface area contributed by atoms with E-state index in [9.17, 15) is 0 Å². The van der Waals surface area contributed by atoms with Gasteiger partial charge in [-0.15, -0.1) is 11.3 Å². The fourth-order valence-electron chi connectivity index (χ4n) is 2.28. The summed E-state index contributed by atoms with van der Waals surface area (Å²) in [5.41, 5.74) is 2.38. The Morgan fingerprint density at radius 2 is 1.90 bits per heavy atom. The molecule has 20 heavy (non-hydrogen) atoms. The summed E-state index contributed by atoms with van der Waals surface area (Å²) in [6.45, 7) is 6.37. The molecule has 0 aliphatic rings. The first kappa shape index (κ1) is 15.4. The largest absolute Gasteiger partial charge is 0.496 e. The monoisotopic (exact) mass is 309 g/mol. The van der Waals surface area contributed by atoms with Crippen LogP contribution in [0.15, 0.2) is 30.3 Å². The second-order valence-corrected chi connectivity index (χ2v) is 6.74. The zero-order valence-corrected chi connectivity index (χ0v) is 13.8. The average Bonchev–Trinajstić information content (AvgIpc) is 2.85. The minimum atomic E-state index is 0.210. The van der Waals surface area contributed by atoms with E-state index in [4.69, 9.17) is 16.3 Å². The fourth-order valence-corrected chi connectivity index (χ4v) is 3.36. The molecule has 4 heteroatoms. The number of hydrogen-bond donors (Lipinski definition) is 1. The van der Waals surface area contributed by atoms with Crippen molar-refractivity contribution in [3.05, 3.63) is 50.7 Å². The molecule has 0 spiro atoms. The molecule has 0 amide bonds. The van der Waals surface area contributed by atoms with Gasteiger partial charge in [-0.2, -0.15) is 0 Å². The summed E-state index contributed by atoms with van der Waals surface area (Å²) in [6.07, 6.45) is 0. The van der Waals surface area contributed by atoms with E-state index in [1.807, 2.05) is 6.07 Å². The lowest BCUT2D eigenvalue weighted by Crippen LogP contribution is -2.22. The van der Waals surface area contributed by atoms with E-state index in [1.165, 1.54) is 16.0 Å². The summed E-state index contributed by atoms with van der Waals surface area (Å²) in [6, 6.07) is 10.8. The highest BCUT2D eigenvalue weighted by molar-refractivity contribution is 7.16. The van der Waals surface area contributed by atoms with E-state index < -0.39 is 0 Å². The number of methoxy groups -OCH3 is 1. The van der Waals surface area contributed by atoms with Crippen molar-refractivity contribution in [3.63, 3.8) is 0 Å². The molecule has 1 N–H and O–H groups in total. The molecule has 0 aliphatic heterocycles. The first-order chi connectivity index (χ1) is 9.51. The molecule has 0 saturated heterocycles. The van der Waals surface area contributed by atoms with E-state index in [1.54, 1.807) is 18.4 Å². The third-order valence-electron chi connectivity index (χ3n) is 3.38. The van der Waals surface area contributed by atoms with Crippen molar-refractivity contribution in [1.29, 1.82) is 0 Å². The minimum Gasteiger partial charge on any atom is -0.496 e. The van der Waals surface area contributed by atoms with Gasteiger partial charge >= 0.3 is 0 Å². The van der Waals surface area contributed by atoms with Crippen LogP contribution in [0.4, 0.5) is 0 Å². The standard InChI is InChI=1S/C16H20ClNOS/c1-10-5-6-13(14(9-10)19-4)11(2)18-12(3)15-7-8-16(17)20-15/h5-9,11-12,18H,1-4H3. The van der Waals surface area contributed by atoms with Crippen LogP contribution in [0.25, 0.3) is 0 Å². The van der Waals surface area contributed by atoms with Crippen LogP contribution in [-0.2, 0) is 0 Å². The Bertz CT molecular complexity index is 582. The minimum absolute atomic E-state index is 0.210. The van der Waals surface area contributed by atoms with Crippen LogP contribution in [0.5, 0.6) is 5.75 Å². The number of thiophene rings is 1. The lowest BCUT2D eigenvalue weighted by molar-refractivity contribution is 0.397. The van der Waals surface area contributed by atoms with Crippen molar-refractivity contribution < 1.29 is 4.74 Å². The smallest absolute Gasteiger partial charge is 0.123 e. The second-order valence-electron chi connectivity index (χ2n) is 5.00. The lowest BCUT2D eigenvalue weighted by Gasteiger charge is -2.21. The molecule has 0 fully saturated rings. The van der Waals surface area contributed by atoms with Crippen LogP contribution in [0.1, 0.15) is 41.9 Å². The van der Waals surface area contributed by atoms with Gasteiger partial charge in [-0.25, -0.2) is 0 Å². The molecule has 2 atom stereocenters. The van der Waals surface area contributed by atoms with Gasteiger partial charge in [0, 0.05) is 22.5 Å². The van der Waals surface area contributed by atoms with Crippen molar-refractivity contribution in [3.8, 4) is 5.75 Å². The van der Waals surface area contributed by atoms with Crippen molar-refractivity contribution in [1.82, 2.24) is 5.32 Å². The van der Waals surface area contributed by atoms with Crippen LogP contribution in [0.3, 0.4) is 0 Å². The number of hydrogen-bond acceptors (Lipinski definition) is 3. The summed E-state index contributed by atoms with van der Waals surface area (Å²) in [5.74, 6) is 0.932. The Morgan fingerprint density at radius 1 is 1.15 bits per heavy atom. The number of aryl methyl sites for hydroxylation is 1. The first-order valence-electron chi connectivity index (χ1n) is 6.67. The van der Waals surface area contributed by atoms with Gasteiger partial charge in [0.25, 0.3) is 0 Å². The second kappa shape index (κ2) is 6.61. The molecule has 1 aromatic carbocycles. The SMILES string of the molecule is COc1cc(C)ccc1C(C)NC(C)c1ccc(Cl)s1. The van der Waals surface area contributed by atoms with Crippen molar-refractivity contribution >= 4 is 22.9 Å². The van der Waals surface area contributed by atoms with Crippen LogP contribution in [0.2, 0.25) is 4.34 Å². The van der Waals surface area contributed by atoms with Gasteiger partial charge in [-0.3, -0.25) is 0 Å². The molecule has 0 saturated carbocycles. The van der Waals surface area contributed by atoms with E-state index in [0.717, 1.165) is 10.1 Å². The molecule has 108 valence electrons. The highest BCUT2D eigenvalue weighted by Crippen LogP contribution is 2.31. The quantitative estimate of drug-likeness (QED) is 0.826. The number of nitrogens with one attached hydrogen (secondary N) is 1. The molecule has 2 aromatic rings. The van der Waals surface area contributed by atoms with Crippen LogP contribution < -0.4 is 10.1 Å². The molecule has 0 bridgehead atoms. The number of benzene rings is 1. The van der Waals surface area contributed by atoms with E-state index >= 15 is 0 Å². The highest BCUT2D eigenvalue weighted by atomic mass is 35.5. The number of rotatable bonds is 5. The summed E-state index contributed by atoms with van der Waals surface area (Å²) in [4.78, 5) is 1.24. The molecule has 1 heterocycles. The number of halogens is 1. The van der Waals surface area contributed by atoms with E-state index in [0.29, 0.717) is 0 Å². The van der Waals surface area contributed by atoms with Gasteiger partial charge in [0.15, 0.2) is 0 Å². The zero-order valence-electron chi connectivity index (χ0n) is 12.2. The lowest BCUT2D eigenvalue weighted by atomic mass is 10.0. The summed E-state index contributed by atoms with van der Waals surface area (Å²) >= 11 is 7.61. The fraction of sp³-hybridized carbons (Fsp3) is 0.375. The van der Waals surface area contributed by atoms with Gasteiger partial charge in [0.05, 0.1) is 11.4 Å². The van der Waals surface area contributed by atoms with Crippen molar-refractivity contribution in [2.75, 3.05) is 7.11 Å². The van der Waals surface area contributed by atoms with Crippen LogP contribution in [-0.4, -0.2) is 7.11 Å². The maximum absolute atomic E-state index is 5.99. The topological polar surface area (TPSA) is 21.3 Å². The van der Waals surface area contributed by atoms with Gasteiger partial charge in [0.2, 0.25) is 0 Å². The Morgan fingerprint density at radius 3 is 2.50 bits per heavy atom. The molecule has 1 aromatic heterocycles. The Balaban J connectivity index is 2.13. The third kappa shape index (κ3) is 3.54. The Labute approximate surface area is 129 Å². The van der Waals surface area contributed by atoms with Crippen molar-refractivity contribution in [2.45, 2.75) is 32.9 Å². The Hall–Kier alpha value is -1.03. The zero-order chi connectivity index (χ0) is 14.7. The third-order valence-corrected chi connectivity index (χ3v) is 4.79. The molecular formula is C16H20ClNOS. The van der Waals surface area contributed by atoms with Crippen LogP contribution >= 0.6 is 22.9 Å². The van der Waals surface area contributed by atoms with Crippen molar-refractivity contribution in [2.24, 2.45) is 0 Å². The van der Waals surface area contributed by atoms with Gasteiger partial charge < -0.3 is 10.1 Å². The summed E-state index contributed by atoms with van der Waals surface area (Å²) < 4.78 is 6.31. The Kier molecular flexibility index (Phi) is 5.08. The van der Waals surface area contributed by atoms with Gasteiger partial charge in [0.1, 0.15) is 5.75 Å². The molecule has 0 aliphatic carbocycles. The van der Waals surface area contributed by atoms with E-state index in [2.05, 4.69) is 50.4 Å². The molecule has 0 radical (unpaired) electrons. The maximum Gasteiger partial charge on any atom is 0.123 e. The predicted molar refractivity (Wildman–Crippen MR) is 87.0 cm³/mol. The normalized spacial score (nSPS) is 14.1. The molecule has 2 unspecified atom stereocenters. The summed E-state index contributed by atoms with van der Waals surface area (Å²) in [5, 5.41) is 3.59. The molecular weight excluding hydrogens is 290 g/mol. The highest BCUT2D eigenvalue weighted by Gasteiger charge is 2.16. The van der Waals surface area contributed by atoms with Gasteiger partial charge in [-0.1, -0.05) is 23.7 Å².